The monoisotopic (exact) mass is 137 g/mol. The molecule has 5 heteroatoms. The molecule has 0 amide bonds. The molecule has 2 aromatic heterocycles. The van der Waals surface area contributed by atoms with Gasteiger partial charge in [-0.25, -0.2) is 10.1 Å². The first-order valence-corrected chi connectivity index (χ1v) is 2.65. The van der Waals surface area contributed by atoms with Gasteiger partial charge in [0, 0.05) is 0 Å². The van der Waals surface area contributed by atoms with Crippen LogP contribution in [0, 0.1) is 0 Å². The van der Waals surface area contributed by atoms with Crippen LogP contribution in [0.2, 0.25) is 0 Å². The predicted molar refractivity (Wildman–Crippen MR) is 32.4 cm³/mol. The van der Waals surface area contributed by atoms with E-state index in [9.17, 15) is 4.79 Å². The van der Waals surface area contributed by atoms with Crippen LogP contribution < -0.4 is 5.56 Å². The van der Waals surface area contributed by atoms with Gasteiger partial charge in [0.2, 0.25) is 5.58 Å². The second-order valence-corrected chi connectivity index (χ2v) is 1.77. The topological polar surface area (TPSA) is 71.8 Å². The van der Waals surface area contributed by atoms with Gasteiger partial charge < -0.3 is 4.42 Å². The molecule has 50 valence electrons. The lowest BCUT2D eigenvalue weighted by Gasteiger charge is -1.79. The lowest BCUT2D eigenvalue weighted by atomic mass is 10.5. The fourth-order valence-corrected chi connectivity index (χ4v) is 0.719. The van der Waals surface area contributed by atoms with Gasteiger partial charge in [-0.05, 0) is 0 Å². The summed E-state index contributed by atoms with van der Waals surface area (Å²) in [5, 5.41) is 5.75. The van der Waals surface area contributed by atoms with Gasteiger partial charge in [0.25, 0.3) is 0 Å². The van der Waals surface area contributed by atoms with Crippen molar-refractivity contribution in [3.63, 3.8) is 0 Å². The van der Waals surface area contributed by atoms with E-state index < -0.39 is 0 Å². The zero-order valence-electron chi connectivity index (χ0n) is 4.87. The lowest BCUT2D eigenvalue weighted by molar-refractivity contribution is 0.596. The summed E-state index contributed by atoms with van der Waals surface area (Å²) in [7, 11) is 0. The molecule has 0 saturated heterocycles. The summed E-state index contributed by atoms with van der Waals surface area (Å²) in [6.07, 6.45) is 2.64. The van der Waals surface area contributed by atoms with Crippen LogP contribution in [0.15, 0.2) is 21.8 Å². The molecule has 0 saturated carbocycles. The zero-order valence-corrected chi connectivity index (χ0v) is 4.87. The minimum atomic E-state index is -0.352. The molecule has 0 bridgehead atoms. The highest BCUT2D eigenvalue weighted by atomic mass is 16.3. The maximum atomic E-state index is 10.8. The summed E-state index contributed by atoms with van der Waals surface area (Å²) in [6, 6.07) is 0. The zero-order chi connectivity index (χ0) is 6.97. The van der Waals surface area contributed by atoms with Crippen LogP contribution in [-0.2, 0) is 0 Å². The highest BCUT2D eigenvalue weighted by molar-refractivity contribution is 5.68. The molecule has 2 rings (SSSR count). The number of nitrogens with one attached hydrogen (secondary N) is 1. The van der Waals surface area contributed by atoms with Gasteiger partial charge in [-0.2, -0.15) is 5.10 Å². The fourth-order valence-electron chi connectivity index (χ4n) is 0.719. The number of aromatic nitrogens is 3. The van der Waals surface area contributed by atoms with Crippen molar-refractivity contribution in [3.05, 3.63) is 22.9 Å². The van der Waals surface area contributed by atoms with Crippen molar-refractivity contribution in [1.29, 1.82) is 0 Å². The summed E-state index contributed by atoms with van der Waals surface area (Å²) in [5.74, 6) is 0. The number of hydrogen-bond acceptors (Lipinski definition) is 4. The van der Waals surface area contributed by atoms with Crippen LogP contribution >= 0.6 is 0 Å². The first-order chi connectivity index (χ1) is 4.88. The number of H-pyrrole nitrogens is 1. The number of aromatic amines is 1. The van der Waals surface area contributed by atoms with Crippen LogP contribution in [0.25, 0.3) is 11.1 Å². The fraction of sp³-hybridized carbons (Fsp3) is 0. The summed E-state index contributed by atoms with van der Waals surface area (Å²) >= 11 is 0. The van der Waals surface area contributed by atoms with Crippen molar-refractivity contribution >= 4 is 11.1 Å². The SMILES string of the molecule is O=c1[nH]ncc2ncoc12. The van der Waals surface area contributed by atoms with E-state index in [0.717, 1.165) is 0 Å². The van der Waals surface area contributed by atoms with E-state index in [-0.39, 0.29) is 11.1 Å². The van der Waals surface area contributed by atoms with Gasteiger partial charge in [0.05, 0.1) is 6.20 Å². The van der Waals surface area contributed by atoms with Crippen molar-refractivity contribution < 1.29 is 4.42 Å². The average molecular weight is 137 g/mol. The quantitative estimate of drug-likeness (QED) is 0.550. The summed E-state index contributed by atoms with van der Waals surface area (Å²) in [5.41, 5.74) is 0.341. The molecule has 0 aliphatic carbocycles. The maximum absolute atomic E-state index is 10.8. The van der Waals surface area contributed by atoms with E-state index in [1.807, 2.05) is 0 Å². The molecule has 0 radical (unpaired) electrons. The number of oxazole rings is 1. The van der Waals surface area contributed by atoms with Gasteiger partial charge in [-0.15, -0.1) is 0 Å². The Bertz CT molecular complexity index is 402. The largest absolute Gasteiger partial charge is 0.438 e. The van der Waals surface area contributed by atoms with Gasteiger partial charge in [0.15, 0.2) is 6.39 Å². The van der Waals surface area contributed by atoms with Gasteiger partial charge in [-0.1, -0.05) is 0 Å². The van der Waals surface area contributed by atoms with Crippen molar-refractivity contribution in [2.45, 2.75) is 0 Å². The highest BCUT2D eigenvalue weighted by Gasteiger charge is 2.00. The second kappa shape index (κ2) is 1.66. The van der Waals surface area contributed by atoms with E-state index in [4.69, 9.17) is 4.42 Å². The molecule has 0 unspecified atom stereocenters. The van der Waals surface area contributed by atoms with Crippen LogP contribution in [0.5, 0.6) is 0 Å². The Morgan fingerprint density at radius 1 is 1.60 bits per heavy atom. The van der Waals surface area contributed by atoms with Crippen molar-refractivity contribution in [3.8, 4) is 0 Å². The molecule has 5 nitrogen and oxygen atoms in total. The van der Waals surface area contributed by atoms with Crippen LogP contribution in [0.3, 0.4) is 0 Å². The summed E-state index contributed by atoms with van der Waals surface area (Å²) in [4.78, 5) is 14.5. The van der Waals surface area contributed by atoms with Gasteiger partial charge in [0.1, 0.15) is 5.52 Å². The lowest BCUT2D eigenvalue weighted by Crippen LogP contribution is -2.05. The van der Waals surface area contributed by atoms with E-state index in [1.165, 1.54) is 12.6 Å². The minimum Gasteiger partial charge on any atom is -0.438 e. The van der Waals surface area contributed by atoms with Crippen molar-refractivity contribution in [2.75, 3.05) is 0 Å². The van der Waals surface area contributed by atoms with Crippen LogP contribution in [-0.4, -0.2) is 15.2 Å². The van der Waals surface area contributed by atoms with E-state index in [1.54, 1.807) is 0 Å². The molecule has 0 aliphatic heterocycles. The summed E-state index contributed by atoms with van der Waals surface area (Å²) < 4.78 is 4.75. The highest BCUT2D eigenvalue weighted by Crippen LogP contribution is 2.01. The Morgan fingerprint density at radius 3 is 3.30 bits per heavy atom. The number of nitrogens with zero attached hydrogens (tertiary/aromatic N) is 2. The second-order valence-electron chi connectivity index (χ2n) is 1.77. The third-order valence-electron chi connectivity index (χ3n) is 1.15. The maximum Gasteiger partial charge on any atom is 0.309 e. The molecule has 2 heterocycles. The Balaban J connectivity index is 3.09. The van der Waals surface area contributed by atoms with E-state index in [2.05, 4.69) is 15.2 Å². The Kier molecular flexibility index (Phi) is 0.858. The van der Waals surface area contributed by atoms with E-state index in [0.29, 0.717) is 5.52 Å². The van der Waals surface area contributed by atoms with Crippen molar-refractivity contribution in [1.82, 2.24) is 15.2 Å². The molecule has 0 fully saturated rings. The number of fused-ring (bicyclic) bond motifs is 1. The molecule has 10 heavy (non-hydrogen) atoms. The minimum absolute atomic E-state index is 0.218. The third kappa shape index (κ3) is 0.540. The average Bonchev–Trinajstić information content (AvgIpc) is 2.36. The Morgan fingerprint density at radius 2 is 2.50 bits per heavy atom. The third-order valence-corrected chi connectivity index (χ3v) is 1.15. The van der Waals surface area contributed by atoms with Gasteiger partial charge in [-0.3, -0.25) is 4.79 Å². The molecule has 2 aromatic rings. The molecular formula is C5H3N3O2. The summed E-state index contributed by atoms with van der Waals surface area (Å²) in [6.45, 7) is 0. The predicted octanol–water partition coefficient (Wildman–Crippen LogP) is -0.0889. The smallest absolute Gasteiger partial charge is 0.309 e. The van der Waals surface area contributed by atoms with Crippen molar-refractivity contribution in [2.24, 2.45) is 0 Å². The number of rotatable bonds is 0. The van der Waals surface area contributed by atoms with E-state index >= 15 is 0 Å². The number of hydrogen-bond donors (Lipinski definition) is 1. The molecule has 0 atom stereocenters. The first kappa shape index (κ1) is 5.16. The normalized spacial score (nSPS) is 10.4. The molecular weight excluding hydrogens is 134 g/mol. The molecule has 0 spiro atoms. The van der Waals surface area contributed by atoms with Crippen LogP contribution in [0.1, 0.15) is 0 Å². The molecule has 0 aromatic carbocycles. The van der Waals surface area contributed by atoms with Gasteiger partial charge >= 0.3 is 5.56 Å². The Labute approximate surface area is 54.7 Å². The Hall–Kier alpha value is -1.65. The first-order valence-electron chi connectivity index (χ1n) is 2.65. The molecule has 1 N–H and O–H groups in total. The standard InChI is InChI=1S/C5H3N3O2/c9-5-4-3(1-7-8-5)6-2-10-4/h1-2H,(H,8,9). The van der Waals surface area contributed by atoms with Crippen LogP contribution in [0.4, 0.5) is 0 Å². The molecule has 0 aliphatic rings.